The third-order valence-electron chi connectivity index (χ3n) is 5.46. The molecule has 0 saturated heterocycles. The lowest BCUT2D eigenvalue weighted by molar-refractivity contribution is -0.139. The van der Waals surface area contributed by atoms with Gasteiger partial charge in [-0.3, -0.25) is 4.79 Å². The Kier molecular flexibility index (Phi) is 13.6. The van der Waals surface area contributed by atoms with Gasteiger partial charge in [0.15, 0.2) is 0 Å². The molecule has 0 fully saturated rings. The average Bonchev–Trinajstić information content (AvgIpc) is 2.84. The van der Waals surface area contributed by atoms with Gasteiger partial charge in [-0.15, -0.1) is 0 Å². The van der Waals surface area contributed by atoms with Crippen LogP contribution >= 0.6 is 0 Å². The molecule has 2 rings (SSSR count). The minimum Gasteiger partial charge on any atom is -0.494 e. The Morgan fingerprint density at radius 1 is 0.606 bits per heavy atom. The summed E-state index contributed by atoms with van der Waals surface area (Å²) in [5, 5.41) is 0. The fourth-order valence-electron chi connectivity index (χ4n) is 3.50. The molecule has 0 heterocycles. The van der Waals surface area contributed by atoms with Crippen LogP contribution in [0.2, 0.25) is 0 Å². The van der Waals surface area contributed by atoms with Gasteiger partial charge in [-0.05, 0) is 48.4 Å². The predicted octanol–water partition coefficient (Wildman–Crippen LogP) is 6.77. The van der Waals surface area contributed by atoms with Crippen molar-refractivity contribution in [1.29, 1.82) is 0 Å². The third-order valence-corrected chi connectivity index (χ3v) is 5.46. The van der Waals surface area contributed by atoms with Gasteiger partial charge in [-0.25, -0.2) is 0 Å². The number of carbonyl (C=O) groups excluding carboxylic acids is 1. The van der Waals surface area contributed by atoms with Crippen LogP contribution in [0.25, 0.3) is 0 Å². The molecule has 0 N–H and O–H groups in total. The van der Waals surface area contributed by atoms with Crippen molar-refractivity contribution in [3.8, 4) is 17.2 Å². The number of hydrogen-bond donors (Lipinski definition) is 0. The summed E-state index contributed by atoms with van der Waals surface area (Å²) in [7, 11) is 1.39. The van der Waals surface area contributed by atoms with Gasteiger partial charge in [0.25, 0.3) is 0 Å². The van der Waals surface area contributed by atoms with E-state index < -0.39 is 0 Å². The smallest absolute Gasteiger partial charge is 0.309 e. The Labute approximate surface area is 199 Å². The number of methoxy groups -OCH3 is 1. The van der Waals surface area contributed by atoms with Gasteiger partial charge in [-0.2, -0.15) is 0 Å². The first-order valence-corrected chi connectivity index (χ1v) is 12.4. The zero-order chi connectivity index (χ0) is 23.6. The van der Waals surface area contributed by atoms with E-state index in [1.807, 2.05) is 48.5 Å². The second kappa shape index (κ2) is 16.9. The normalized spacial score (nSPS) is 10.6. The second-order valence-corrected chi connectivity index (χ2v) is 8.24. The minimum absolute atomic E-state index is 0.253. The van der Waals surface area contributed by atoms with Crippen LogP contribution in [0.1, 0.15) is 70.3 Å². The lowest BCUT2D eigenvalue weighted by Crippen LogP contribution is -2.09. The molecule has 0 saturated carbocycles. The number of ether oxygens (including phenoxy) is 4. The van der Waals surface area contributed by atoms with E-state index in [4.69, 9.17) is 14.2 Å². The first kappa shape index (κ1) is 26.6. The van der Waals surface area contributed by atoms with Crippen LogP contribution in [0.3, 0.4) is 0 Å². The number of rotatable bonds is 18. The molecule has 0 amide bonds. The zero-order valence-corrected chi connectivity index (χ0v) is 20.4. The van der Waals surface area contributed by atoms with Crippen LogP contribution in [-0.2, 0) is 16.0 Å². The van der Waals surface area contributed by atoms with E-state index >= 15 is 0 Å². The Morgan fingerprint density at radius 2 is 1.03 bits per heavy atom. The molecule has 0 unspecified atom stereocenters. The van der Waals surface area contributed by atoms with E-state index in [1.54, 1.807) is 0 Å². The number of esters is 1. The number of benzene rings is 2. The van der Waals surface area contributed by atoms with E-state index in [-0.39, 0.29) is 12.4 Å². The third kappa shape index (κ3) is 12.2. The van der Waals surface area contributed by atoms with Crippen molar-refractivity contribution in [2.75, 3.05) is 26.9 Å². The molecule has 0 aromatic heterocycles. The highest BCUT2D eigenvalue weighted by Gasteiger charge is 2.03. The minimum atomic E-state index is -0.253. The number of hydrogen-bond acceptors (Lipinski definition) is 5. The summed E-state index contributed by atoms with van der Waals surface area (Å²) in [5.74, 6) is 2.16. The van der Waals surface area contributed by atoms with E-state index in [0.717, 1.165) is 35.8 Å². The van der Waals surface area contributed by atoms with Crippen LogP contribution in [0.15, 0.2) is 48.5 Å². The Bertz CT molecular complexity index is 755. The highest BCUT2D eigenvalue weighted by molar-refractivity contribution is 5.72. The largest absolute Gasteiger partial charge is 0.494 e. The van der Waals surface area contributed by atoms with Crippen LogP contribution in [-0.4, -0.2) is 32.9 Å². The highest BCUT2D eigenvalue weighted by Crippen LogP contribution is 2.19. The molecule has 5 heteroatoms. The van der Waals surface area contributed by atoms with Crippen LogP contribution < -0.4 is 14.2 Å². The Morgan fingerprint density at radius 3 is 1.52 bits per heavy atom. The van der Waals surface area contributed by atoms with Crippen molar-refractivity contribution in [1.82, 2.24) is 0 Å². The summed E-state index contributed by atoms with van der Waals surface area (Å²) in [4.78, 5) is 11.3. The van der Waals surface area contributed by atoms with E-state index in [2.05, 4.69) is 11.7 Å². The molecule has 33 heavy (non-hydrogen) atoms. The fourth-order valence-corrected chi connectivity index (χ4v) is 3.50. The predicted molar refractivity (Wildman–Crippen MR) is 132 cm³/mol. The van der Waals surface area contributed by atoms with Crippen LogP contribution in [0.5, 0.6) is 17.2 Å². The molecule has 0 aliphatic heterocycles. The molecule has 0 radical (unpaired) electrons. The standard InChI is InChI=1S/C28H40O5/c1-3-4-5-6-7-8-9-10-11-20-31-26-16-18-27(19-17-26)33-22-21-32-25-14-12-24(13-15-25)23-28(29)30-2/h12-19H,3-11,20-23H2,1-2H3. The summed E-state index contributed by atoms with van der Waals surface area (Å²) in [5.41, 5.74) is 0.894. The molecule has 5 nitrogen and oxygen atoms in total. The fraction of sp³-hybridized carbons (Fsp3) is 0.536. The van der Waals surface area contributed by atoms with Gasteiger partial charge in [0.05, 0.1) is 20.1 Å². The van der Waals surface area contributed by atoms with Gasteiger partial charge < -0.3 is 18.9 Å². The molecular weight excluding hydrogens is 416 g/mol. The number of carbonyl (C=O) groups is 1. The number of unbranched alkanes of at least 4 members (excludes halogenated alkanes) is 8. The summed E-state index contributed by atoms with van der Waals surface area (Å²) in [6, 6.07) is 15.2. The molecule has 0 atom stereocenters. The topological polar surface area (TPSA) is 54.0 Å². The molecule has 0 spiro atoms. The van der Waals surface area contributed by atoms with Crippen molar-refractivity contribution in [2.45, 2.75) is 71.1 Å². The Balaban J connectivity index is 1.51. The van der Waals surface area contributed by atoms with Crippen molar-refractivity contribution >= 4 is 5.97 Å². The van der Waals surface area contributed by atoms with Gasteiger partial charge in [-0.1, -0.05) is 70.4 Å². The van der Waals surface area contributed by atoms with E-state index in [9.17, 15) is 4.79 Å². The quantitative estimate of drug-likeness (QED) is 0.183. The maximum atomic E-state index is 11.3. The van der Waals surface area contributed by atoms with Crippen molar-refractivity contribution < 1.29 is 23.7 Å². The van der Waals surface area contributed by atoms with Crippen molar-refractivity contribution in [2.24, 2.45) is 0 Å². The summed E-state index contributed by atoms with van der Waals surface area (Å²) in [6.07, 6.45) is 12.1. The first-order chi connectivity index (χ1) is 16.2. The van der Waals surface area contributed by atoms with Gasteiger partial charge in [0.1, 0.15) is 30.5 Å². The molecule has 182 valence electrons. The van der Waals surface area contributed by atoms with Gasteiger partial charge in [0, 0.05) is 0 Å². The molecule has 2 aromatic carbocycles. The van der Waals surface area contributed by atoms with Gasteiger partial charge in [0.2, 0.25) is 0 Å². The maximum Gasteiger partial charge on any atom is 0.309 e. The molecule has 0 bridgehead atoms. The molecule has 0 aliphatic carbocycles. The van der Waals surface area contributed by atoms with Gasteiger partial charge >= 0.3 is 5.97 Å². The lowest BCUT2D eigenvalue weighted by atomic mass is 10.1. The van der Waals surface area contributed by atoms with E-state index in [0.29, 0.717) is 13.2 Å². The summed E-state index contributed by atoms with van der Waals surface area (Å²) in [6.45, 7) is 3.91. The van der Waals surface area contributed by atoms with Crippen LogP contribution in [0.4, 0.5) is 0 Å². The van der Waals surface area contributed by atoms with Crippen molar-refractivity contribution in [3.05, 3.63) is 54.1 Å². The highest BCUT2D eigenvalue weighted by atomic mass is 16.5. The molecule has 0 aliphatic rings. The monoisotopic (exact) mass is 456 g/mol. The summed E-state index contributed by atoms with van der Waals surface area (Å²) < 4.78 is 21.9. The molecule has 2 aromatic rings. The molecular formula is C28H40O5. The lowest BCUT2D eigenvalue weighted by Gasteiger charge is -2.10. The average molecular weight is 457 g/mol. The Hall–Kier alpha value is -2.69. The first-order valence-electron chi connectivity index (χ1n) is 12.4. The zero-order valence-electron chi connectivity index (χ0n) is 20.4. The SMILES string of the molecule is CCCCCCCCCCCOc1ccc(OCCOc2ccc(CC(=O)OC)cc2)cc1. The second-order valence-electron chi connectivity index (χ2n) is 8.24. The van der Waals surface area contributed by atoms with E-state index in [1.165, 1.54) is 58.5 Å². The summed E-state index contributed by atoms with van der Waals surface area (Å²) >= 11 is 0. The van der Waals surface area contributed by atoms with Crippen molar-refractivity contribution in [3.63, 3.8) is 0 Å². The van der Waals surface area contributed by atoms with Crippen LogP contribution in [0, 0.1) is 0 Å². The maximum absolute atomic E-state index is 11.3.